The molecule has 0 saturated carbocycles. The summed E-state index contributed by atoms with van der Waals surface area (Å²) in [5.41, 5.74) is 3.01. The molecule has 0 spiro atoms. The molecule has 0 aromatic heterocycles. The molecular weight excluding hydrogens is 604 g/mol. The van der Waals surface area contributed by atoms with E-state index in [0.29, 0.717) is 47.5 Å². The number of amides is 3. The Labute approximate surface area is 258 Å². The normalized spacial score (nSPS) is 15.5. The van der Waals surface area contributed by atoms with Gasteiger partial charge in [0.05, 0.1) is 29.9 Å². The molecule has 14 heteroatoms. The summed E-state index contributed by atoms with van der Waals surface area (Å²) in [6.07, 6.45) is 0.354. The van der Waals surface area contributed by atoms with Gasteiger partial charge in [0, 0.05) is 18.7 Å². The molecule has 0 radical (unpaired) electrons. The predicted molar refractivity (Wildman–Crippen MR) is 167 cm³/mol. The topological polar surface area (TPSA) is 173 Å². The Morgan fingerprint density at radius 3 is 2.39 bits per heavy atom. The first-order valence-electron chi connectivity index (χ1n) is 13.6. The Balaban J connectivity index is 1.18. The van der Waals surface area contributed by atoms with Gasteiger partial charge in [-0.25, -0.2) is 23.4 Å². The van der Waals surface area contributed by atoms with Crippen molar-refractivity contribution in [3.63, 3.8) is 0 Å². The van der Waals surface area contributed by atoms with Gasteiger partial charge in [-0.05, 0) is 53.9 Å². The fourth-order valence-electron chi connectivity index (χ4n) is 4.60. The highest BCUT2D eigenvalue weighted by atomic mass is 32.2. The number of carbonyl (C=O) groups is 3. The Bertz CT molecular complexity index is 1740. The van der Waals surface area contributed by atoms with Gasteiger partial charge in [0.1, 0.15) is 17.6 Å². The van der Waals surface area contributed by atoms with Gasteiger partial charge < -0.3 is 15.4 Å². The Kier molecular flexibility index (Phi) is 9.42. The monoisotopic (exact) mass is 634 g/mol. The third-order valence-electron chi connectivity index (χ3n) is 6.90. The zero-order valence-corrected chi connectivity index (χ0v) is 25.4. The minimum Gasteiger partial charge on any atom is -0.497 e. The average Bonchev–Trinajstić information content (AvgIpc) is 3.34. The van der Waals surface area contributed by atoms with Crippen molar-refractivity contribution in [1.29, 1.82) is 0 Å². The van der Waals surface area contributed by atoms with E-state index in [1.54, 1.807) is 37.4 Å². The Morgan fingerprint density at radius 2 is 1.68 bits per heavy atom. The van der Waals surface area contributed by atoms with E-state index in [9.17, 15) is 22.8 Å². The number of rotatable bonds is 11. The molecule has 2 aliphatic rings. The summed E-state index contributed by atoms with van der Waals surface area (Å²) in [5.74, 6) is 0.143. The molecule has 0 bridgehead atoms. The maximum absolute atomic E-state index is 13.5. The van der Waals surface area contributed by atoms with Crippen LogP contribution in [0.3, 0.4) is 0 Å². The lowest BCUT2D eigenvalue weighted by atomic mass is 10.1. The summed E-state index contributed by atoms with van der Waals surface area (Å²) in [6, 6.07) is 19.8. The number of carbonyl (C=O) groups excluding carboxylic acids is 3. The minimum absolute atomic E-state index is 0.00453. The Morgan fingerprint density at radius 1 is 0.977 bits per heavy atom. The summed E-state index contributed by atoms with van der Waals surface area (Å²) in [5, 5.41) is 11.1. The number of benzene rings is 3. The number of ether oxygens (including phenoxy) is 1. The van der Waals surface area contributed by atoms with Crippen LogP contribution in [0.25, 0.3) is 0 Å². The summed E-state index contributed by atoms with van der Waals surface area (Å²) in [6.45, 7) is 0.623. The molecule has 1 atom stereocenters. The highest BCUT2D eigenvalue weighted by molar-refractivity contribution is 8.14. The lowest BCUT2D eigenvalue weighted by molar-refractivity contribution is -0.128. The average molecular weight is 635 g/mol. The maximum Gasteiger partial charge on any atom is 0.259 e. The SMILES string of the molecule is COc1ccc(CNC(=O)CC2N=C3c4ccccc4N=C(SCC(=O)NCCc4ccc(S(N)(=O)=O)cc4)N3C2=O)cc1. The van der Waals surface area contributed by atoms with Crippen molar-refractivity contribution in [2.75, 3.05) is 19.4 Å². The number of nitrogens with zero attached hydrogens (tertiary/aromatic N) is 3. The molecule has 2 aliphatic heterocycles. The zero-order chi connectivity index (χ0) is 31.3. The van der Waals surface area contributed by atoms with Gasteiger partial charge in [0.25, 0.3) is 5.91 Å². The van der Waals surface area contributed by atoms with Crippen molar-refractivity contribution in [3.05, 3.63) is 89.5 Å². The molecule has 5 rings (SSSR count). The molecule has 12 nitrogen and oxygen atoms in total. The van der Waals surface area contributed by atoms with Crippen LogP contribution in [0, 0.1) is 0 Å². The predicted octanol–water partition coefficient (Wildman–Crippen LogP) is 2.10. The van der Waals surface area contributed by atoms with Crippen LogP contribution in [0.1, 0.15) is 23.1 Å². The fourth-order valence-corrected chi connectivity index (χ4v) is 5.94. The molecule has 0 aliphatic carbocycles. The molecule has 3 amide bonds. The standard InChI is InChI=1S/C30H30N6O6S2/c1-42-21-10-6-20(7-11-21)17-33-26(37)16-25-29(39)36-28(34-25)23-4-2-3-5-24(23)35-30(36)43-18-27(38)32-15-14-19-8-12-22(13-9-19)44(31,40)41/h2-13,25H,14-18H2,1H3,(H,32,38)(H,33,37)(H2,31,40,41). The van der Waals surface area contributed by atoms with Crippen LogP contribution in [0.5, 0.6) is 5.75 Å². The summed E-state index contributed by atoms with van der Waals surface area (Å²) in [4.78, 5) is 49.5. The highest BCUT2D eigenvalue weighted by Gasteiger charge is 2.42. The van der Waals surface area contributed by atoms with Crippen molar-refractivity contribution in [2.45, 2.75) is 30.3 Å². The molecule has 44 heavy (non-hydrogen) atoms. The van der Waals surface area contributed by atoms with Crippen LogP contribution in [-0.4, -0.2) is 67.5 Å². The molecule has 0 fully saturated rings. The number of thioether (sulfide) groups is 1. The largest absolute Gasteiger partial charge is 0.497 e. The number of hydrogen-bond donors (Lipinski definition) is 3. The van der Waals surface area contributed by atoms with Crippen LogP contribution < -0.4 is 20.5 Å². The number of aliphatic imine (C=N–C) groups is 2. The fraction of sp³-hybridized carbons (Fsp3) is 0.233. The first-order chi connectivity index (χ1) is 21.1. The number of amidine groups is 2. The van der Waals surface area contributed by atoms with Gasteiger partial charge in [0.15, 0.2) is 5.17 Å². The molecule has 228 valence electrons. The highest BCUT2D eigenvalue weighted by Crippen LogP contribution is 2.34. The van der Waals surface area contributed by atoms with E-state index in [0.717, 1.165) is 22.9 Å². The summed E-state index contributed by atoms with van der Waals surface area (Å²) in [7, 11) is -2.19. The third-order valence-corrected chi connectivity index (χ3v) is 8.76. The van der Waals surface area contributed by atoms with E-state index in [-0.39, 0.29) is 34.8 Å². The van der Waals surface area contributed by atoms with Crippen molar-refractivity contribution in [2.24, 2.45) is 15.1 Å². The number of primary sulfonamides is 1. The van der Waals surface area contributed by atoms with E-state index in [2.05, 4.69) is 20.6 Å². The van der Waals surface area contributed by atoms with E-state index >= 15 is 0 Å². The second-order valence-corrected chi connectivity index (χ2v) is 12.5. The van der Waals surface area contributed by atoms with Gasteiger partial charge in [-0.2, -0.15) is 0 Å². The molecule has 1 unspecified atom stereocenters. The number of nitrogens with two attached hydrogens (primary N) is 1. The van der Waals surface area contributed by atoms with E-state index in [1.165, 1.54) is 17.0 Å². The molecule has 2 heterocycles. The van der Waals surface area contributed by atoms with Crippen molar-refractivity contribution >= 4 is 56.2 Å². The van der Waals surface area contributed by atoms with E-state index in [1.807, 2.05) is 30.3 Å². The van der Waals surface area contributed by atoms with Gasteiger partial charge in [-0.1, -0.05) is 48.2 Å². The summed E-state index contributed by atoms with van der Waals surface area (Å²) >= 11 is 1.10. The van der Waals surface area contributed by atoms with Gasteiger partial charge in [-0.3, -0.25) is 19.4 Å². The number of nitrogens with one attached hydrogen (secondary N) is 2. The molecule has 3 aromatic carbocycles. The van der Waals surface area contributed by atoms with Crippen LogP contribution in [0.4, 0.5) is 5.69 Å². The molecular formula is C30H30N6O6S2. The maximum atomic E-state index is 13.5. The minimum atomic E-state index is -3.77. The van der Waals surface area contributed by atoms with E-state index < -0.39 is 16.1 Å². The van der Waals surface area contributed by atoms with Crippen LogP contribution >= 0.6 is 11.8 Å². The first kappa shape index (κ1) is 30.9. The zero-order valence-electron chi connectivity index (χ0n) is 23.7. The molecule has 0 saturated heterocycles. The number of hydrogen-bond acceptors (Lipinski definition) is 9. The van der Waals surface area contributed by atoms with Crippen molar-refractivity contribution in [1.82, 2.24) is 15.5 Å². The van der Waals surface area contributed by atoms with Crippen molar-refractivity contribution in [3.8, 4) is 5.75 Å². The third kappa shape index (κ3) is 7.33. The van der Waals surface area contributed by atoms with Crippen LogP contribution in [-0.2, 0) is 37.4 Å². The molecule has 4 N–H and O–H groups in total. The summed E-state index contributed by atoms with van der Waals surface area (Å²) < 4.78 is 28.0. The second-order valence-electron chi connectivity index (χ2n) is 9.96. The lowest BCUT2D eigenvalue weighted by Gasteiger charge is -2.25. The smallest absolute Gasteiger partial charge is 0.259 e. The lowest BCUT2D eigenvalue weighted by Crippen LogP contribution is -2.42. The number of sulfonamides is 1. The van der Waals surface area contributed by atoms with Gasteiger partial charge >= 0.3 is 0 Å². The van der Waals surface area contributed by atoms with Crippen molar-refractivity contribution < 1.29 is 27.5 Å². The van der Waals surface area contributed by atoms with E-state index in [4.69, 9.17) is 9.88 Å². The van der Waals surface area contributed by atoms with Gasteiger partial charge in [-0.15, -0.1) is 0 Å². The number of methoxy groups -OCH3 is 1. The first-order valence-corrected chi connectivity index (χ1v) is 16.2. The second kappa shape index (κ2) is 13.4. The van der Waals surface area contributed by atoms with Gasteiger partial charge in [0.2, 0.25) is 21.8 Å². The Hall–Kier alpha value is -4.53. The quantitative estimate of drug-likeness (QED) is 0.290. The van der Waals surface area contributed by atoms with Crippen LogP contribution in [0.15, 0.2) is 87.7 Å². The van der Waals surface area contributed by atoms with Crippen LogP contribution in [0.2, 0.25) is 0 Å². The number of para-hydroxylation sites is 1. The number of fused-ring (bicyclic) bond motifs is 3. The molecule has 3 aromatic rings.